The average Bonchev–Trinajstić information content (AvgIpc) is 3.34. The Labute approximate surface area is 137 Å². The van der Waals surface area contributed by atoms with Crippen LogP contribution in [0.3, 0.4) is 0 Å². The molecule has 126 valence electrons. The Morgan fingerprint density at radius 1 is 0.957 bits per heavy atom. The van der Waals surface area contributed by atoms with Crippen LogP contribution in [-0.2, 0) is 4.79 Å². The normalized spacial score (nSPS) is 27.0. The first-order valence-corrected chi connectivity index (χ1v) is 9.43. The zero-order chi connectivity index (χ0) is 15.6. The highest BCUT2D eigenvalue weighted by molar-refractivity contribution is 5.79. The van der Waals surface area contributed by atoms with E-state index in [0.29, 0.717) is 11.8 Å². The van der Waals surface area contributed by atoms with E-state index in [0.717, 1.165) is 44.1 Å². The molecule has 1 saturated heterocycles. The molecule has 1 aliphatic heterocycles. The lowest BCUT2D eigenvalue weighted by Crippen LogP contribution is -2.35. The predicted molar refractivity (Wildman–Crippen MR) is 86.0 cm³/mol. The molecular weight excluding hydrogens is 290 g/mol. The van der Waals surface area contributed by atoms with Crippen LogP contribution in [-0.4, -0.2) is 34.0 Å². The quantitative estimate of drug-likeness (QED) is 0.854. The summed E-state index contributed by atoms with van der Waals surface area (Å²) in [6, 6.07) is 0. The first-order chi connectivity index (χ1) is 11.3. The molecule has 0 N–H and O–H groups in total. The number of nitrogens with zero attached hydrogens (tertiary/aromatic N) is 3. The van der Waals surface area contributed by atoms with Gasteiger partial charge in [0.2, 0.25) is 11.8 Å². The molecule has 3 fully saturated rings. The predicted octanol–water partition coefficient (Wildman–Crippen LogP) is 3.62. The number of hydrogen-bond acceptors (Lipinski definition) is 4. The lowest BCUT2D eigenvalue weighted by atomic mass is 9.88. The van der Waals surface area contributed by atoms with Crippen molar-refractivity contribution in [2.45, 2.75) is 76.0 Å². The van der Waals surface area contributed by atoms with Crippen LogP contribution in [0, 0.1) is 5.92 Å². The Morgan fingerprint density at radius 3 is 2.48 bits per heavy atom. The summed E-state index contributed by atoms with van der Waals surface area (Å²) in [5, 5.41) is 4.21. The van der Waals surface area contributed by atoms with Crippen molar-refractivity contribution in [1.82, 2.24) is 15.0 Å². The van der Waals surface area contributed by atoms with E-state index in [2.05, 4.69) is 10.1 Å². The third-order valence-corrected chi connectivity index (χ3v) is 5.98. The summed E-state index contributed by atoms with van der Waals surface area (Å²) in [5.74, 6) is 3.02. The van der Waals surface area contributed by atoms with Crippen LogP contribution in [0.25, 0.3) is 0 Å². The van der Waals surface area contributed by atoms with Crippen LogP contribution >= 0.6 is 0 Å². The first kappa shape index (κ1) is 15.2. The van der Waals surface area contributed by atoms with Crippen LogP contribution in [0.15, 0.2) is 4.52 Å². The van der Waals surface area contributed by atoms with Crippen molar-refractivity contribution >= 4 is 5.91 Å². The number of carbonyl (C=O) groups excluding carboxylic acids is 1. The Morgan fingerprint density at radius 2 is 1.70 bits per heavy atom. The molecule has 2 saturated carbocycles. The second-order valence-corrected chi connectivity index (χ2v) is 7.58. The Hall–Kier alpha value is -1.39. The summed E-state index contributed by atoms with van der Waals surface area (Å²) in [4.78, 5) is 19.4. The van der Waals surface area contributed by atoms with Gasteiger partial charge < -0.3 is 9.42 Å². The maximum atomic E-state index is 12.7. The van der Waals surface area contributed by atoms with E-state index in [4.69, 9.17) is 4.52 Å². The molecule has 5 heteroatoms. The zero-order valence-corrected chi connectivity index (χ0v) is 13.9. The largest absolute Gasteiger partial charge is 0.342 e. The summed E-state index contributed by atoms with van der Waals surface area (Å²) in [6.07, 6.45) is 11.8. The van der Waals surface area contributed by atoms with Crippen molar-refractivity contribution in [2.24, 2.45) is 5.92 Å². The SMILES string of the molecule is O=C(C1CCCCC1)N1CCC(c2nc(C3CCCC3)no2)C1. The van der Waals surface area contributed by atoms with Crippen LogP contribution < -0.4 is 0 Å². The second kappa shape index (κ2) is 6.62. The van der Waals surface area contributed by atoms with Crippen molar-refractivity contribution in [3.05, 3.63) is 11.7 Å². The molecule has 1 unspecified atom stereocenters. The Bertz CT molecular complexity index is 544. The maximum Gasteiger partial charge on any atom is 0.231 e. The van der Waals surface area contributed by atoms with Gasteiger partial charge in [-0.25, -0.2) is 0 Å². The van der Waals surface area contributed by atoms with Gasteiger partial charge in [-0.1, -0.05) is 37.3 Å². The molecule has 0 aromatic carbocycles. The third-order valence-electron chi connectivity index (χ3n) is 5.98. The van der Waals surface area contributed by atoms with Gasteiger partial charge in [0.1, 0.15) is 0 Å². The fourth-order valence-electron chi connectivity index (χ4n) is 4.53. The fourth-order valence-corrected chi connectivity index (χ4v) is 4.53. The molecule has 1 atom stereocenters. The van der Waals surface area contributed by atoms with Gasteiger partial charge >= 0.3 is 0 Å². The zero-order valence-electron chi connectivity index (χ0n) is 13.9. The van der Waals surface area contributed by atoms with Crippen LogP contribution in [0.4, 0.5) is 0 Å². The minimum Gasteiger partial charge on any atom is -0.342 e. The number of carbonyl (C=O) groups is 1. The molecule has 3 aliphatic rings. The minimum atomic E-state index is 0.241. The van der Waals surface area contributed by atoms with Gasteiger partial charge in [-0.3, -0.25) is 4.79 Å². The number of rotatable bonds is 3. The molecule has 0 bridgehead atoms. The van der Waals surface area contributed by atoms with Crippen molar-refractivity contribution in [1.29, 1.82) is 0 Å². The number of aromatic nitrogens is 2. The minimum absolute atomic E-state index is 0.241. The van der Waals surface area contributed by atoms with Crippen LogP contribution in [0.2, 0.25) is 0 Å². The Balaban J connectivity index is 1.37. The highest BCUT2D eigenvalue weighted by Gasteiger charge is 2.35. The smallest absolute Gasteiger partial charge is 0.231 e. The number of hydrogen-bond donors (Lipinski definition) is 0. The van der Waals surface area contributed by atoms with Crippen molar-refractivity contribution in [2.75, 3.05) is 13.1 Å². The fraction of sp³-hybridized carbons (Fsp3) is 0.833. The number of likely N-dealkylation sites (tertiary alicyclic amines) is 1. The van der Waals surface area contributed by atoms with E-state index in [1.165, 1.54) is 44.9 Å². The molecule has 4 rings (SSSR count). The van der Waals surface area contributed by atoms with Gasteiger partial charge in [-0.15, -0.1) is 0 Å². The lowest BCUT2D eigenvalue weighted by molar-refractivity contribution is -0.135. The highest BCUT2D eigenvalue weighted by Crippen LogP contribution is 2.35. The maximum absolute atomic E-state index is 12.7. The highest BCUT2D eigenvalue weighted by atomic mass is 16.5. The standard InChI is InChI=1S/C18H27N3O2/c22-18(14-8-2-1-3-9-14)21-11-10-15(12-21)17-19-16(20-23-17)13-6-4-5-7-13/h13-15H,1-12H2. The summed E-state index contributed by atoms with van der Waals surface area (Å²) < 4.78 is 5.54. The van der Waals surface area contributed by atoms with Gasteiger partial charge in [0.05, 0.1) is 5.92 Å². The van der Waals surface area contributed by atoms with E-state index in [-0.39, 0.29) is 11.8 Å². The lowest BCUT2D eigenvalue weighted by Gasteiger charge is -2.26. The van der Waals surface area contributed by atoms with E-state index in [1.54, 1.807) is 0 Å². The van der Waals surface area contributed by atoms with E-state index >= 15 is 0 Å². The monoisotopic (exact) mass is 317 g/mol. The van der Waals surface area contributed by atoms with Crippen LogP contribution in [0.5, 0.6) is 0 Å². The topological polar surface area (TPSA) is 59.2 Å². The van der Waals surface area contributed by atoms with Gasteiger partial charge in [0.25, 0.3) is 0 Å². The molecule has 1 amide bonds. The van der Waals surface area contributed by atoms with Crippen molar-refractivity contribution in [3.8, 4) is 0 Å². The third kappa shape index (κ3) is 3.15. The molecule has 2 heterocycles. The van der Waals surface area contributed by atoms with E-state index < -0.39 is 0 Å². The van der Waals surface area contributed by atoms with Gasteiger partial charge in [-0.05, 0) is 32.1 Å². The molecule has 0 radical (unpaired) electrons. The molecule has 0 spiro atoms. The molecule has 2 aliphatic carbocycles. The van der Waals surface area contributed by atoms with E-state index in [1.807, 2.05) is 4.90 Å². The average molecular weight is 317 g/mol. The van der Waals surface area contributed by atoms with Gasteiger partial charge in [0.15, 0.2) is 5.82 Å². The number of amides is 1. The van der Waals surface area contributed by atoms with Gasteiger partial charge in [-0.2, -0.15) is 4.98 Å². The summed E-state index contributed by atoms with van der Waals surface area (Å²) >= 11 is 0. The molecule has 23 heavy (non-hydrogen) atoms. The molecule has 1 aromatic rings. The molecule has 5 nitrogen and oxygen atoms in total. The van der Waals surface area contributed by atoms with E-state index in [9.17, 15) is 4.79 Å². The first-order valence-electron chi connectivity index (χ1n) is 9.43. The molecular formula is C18H27N3O2. The summed E-state index contributed by atoms with van der Waals surface area (Å²) in [6.45, 7) is 1.61. The van der Waals surface area contributed by atoms with Crippen LogP contribution in [0.1, 0.15) is 87.8 Å². The summed E-state index contributed by atoms with van der Waals surface area (Å²) in [5.41, 5.74) is 0. The van der Waals surface area contributed by atoms with Gasteiger partial charge in [0, 0.05) is 24.9 Å². The second-order valence-electron chi connectivity index (χ2n) is 7.58. The van der Waals surface area contributed by atoms with Crippen molar-refractivity contribution in [3.63, 3.8) is 0 Å². The Kier molecular flexibility index (Phi) is 4.36. The summed E-state index contributed by atoms with van der Waals surface area (Å²) in [7, 11) is 0. The van der Waals surface area contributed by atoms with Crippen molar-refractivity contribution < 1.29 is 9.32 Å². The molecule has 1 aromatic heterocycles.